The fraction of sp³-hybridized carbons (Fsp3) is 0.897. The third-order valence-corrected chi connectivity index (χ3v) is 13.5. The summed E-state index contributed by atoms with van der Waals surface area (Å²) in [5.74, 6) is 2.69. The number of ether oxygens (including phenoxy) is 1. The van der Waals surface area contributed by atoms with Crippen molar-refractivity contribution in [3.8, 4) is 0 Å². The minimum absolute atomic E-state index is 0. The number of aliphatic carboxylic acids is 2. The van der Waals surface area contributed by atoms with Crippen LogP contribution in [0.3, 0.4) is 0 Å². The van der Waals surface area contributed by atoms with E-state index < -0.39 is 11.9 Å². The summed E-state index contributed by atoms with van der Waals surface area (Å²) in [7, 11) is 0. The maximum absolute atomic E-state index is 11.1. The molecule has 0 saturated heterocycles. The smallest absolute Gasteiger partial charge is 0.317 e. The Balaban J connectivity index is 0.000000608. The van der Waals surface area contributed by atoms with E-state index in [-0.39, 0.29) is 64.3 Å². The summed E-state index contributed by atoms with van der Waals surface area (Å²) in [6.07, 6.45) is 21.0. The van der Waals surface area contributed by atoms with Crippen LogP contribution in [0.2, 0.25) is 0 Å². The van der Waals surface area contributed by atoms with Gasteiger partial charge in [0.15, 0.2) is 0 Å². The van der Waals surface area contributed by atoms with E-state index in [0.717, 1.165) is 67.6 Å². The minimum atomic E-state index is -1.26. The van der Waals surface area contributed by atoms with E-state index in [0.29, 0.717) is 12.0 Å². The van der Waals surface area contributed by atoms with Crippen molar-refractivity contribution in [1.29, 1.82) is 0 Å². The van der Waals surface area contributed by atoms with Crippen LogP contribution in [0.1, 0.15) is 131 Å². The van der Waals surface area contributed by atoms with Gasteiger partial charge in [-0.25, -0.2) is 0 Å². The largest absolute Gasteiger partial charge is 0.676 e. The molecule has 4 fully saturated rings. The van der Waals surface area contributed by atoms with Gasteiger partial charge in [0.25, 0.3) is 0 Å². The van der Waals surface area contributed by atoms with Gasteiger partial charge in [0, 0.05) is 34.2 Å². The van der Waals surface area contributed by atoms with Crippen LogP contribution >= 0.6 is 0 Å². The number of carbonyl (C=O) groups is 2. The van der Waals surface area contributed by atoms with Gasteiger partial charge in [0.05, 0.1) is 25.2 Å². The van der Waals surface area contributed by atoms with Gasteiger partial charge in [-0.05, 0) is 97.7 Å². The topological polar surface area (TPSA) is 138 Å². The number of carbonyl (C=O) groups excluding carboxylic acids is 1. The molecule has 3 unspecified atom stereocenters. The van der Waals surface area contributed by atoms with Crippen LogP contribution < -0.4 is 5.11 Å². The van der Waals surface area contributed by atoms with Crippen molar-refractivity contribution in [1.82, 2.24) is 4.90 Å². The van der Waals surface area contributed by atoms with Crippen molar-refractivity contribution in [2.24, 2.45) is 46.3 Å². The molecule has 3 N–H and O–H groups in total. The van der Waals surface area contributed by atoms with Crippen LogP contribution in [0.25, 0.3) is 11.5 Å². The van der Waals surface area contributed by atoms with E-state index in [9.17, 15) is 14.7 Å². The quantitative estimate of drug-likeness (QED) is 0.187. The molecule has 48 heavy (non-hydrogen) atoms. The summed E-state index contributed by atoms with van der Waals surface area (Å²) in [6.45, 7) is 12.4. The van der Waals surface area contributed by atoms with E-state index >= 15 is 0 Å². The fourth-order valence-electron chi connectivity index (χ4n) is 10.9. The molecular weight excluding hydrogens is 786 g/mol. The maximum atomic E-state index is 11.1. The molecule has 0 aromatic carbocycles. The van der Waals surface area contributed by atoms with Crippen molar-refractivity contribution in [3.05, 3.63) is 23.1 Å². The summed E-state index contributed by atoms with van der Waals surface area (Å²) in [4.78, 5) is 23.4. The number of hydrogen-bond donors (Lipinski definition) is 1. The van der Waals surface area contributed by atoms with Gasteiger partial charge in [-0.15, -0.1) is 0 Å². The normalized spacial score (nSPS) is 36.4. The number of hydrogen-bond acceptors (Lipinski definition) is 5. The molecule has 4 saturated carbocycles. The van der Waals surface area contributed by atoms with Gasteiger partial charge in [-0.2, -0.15) is 12.1 Å². The number of allylic oxidation sites excluding steroid dienone is 1. The number of rotatable bonds is 13. The molecular formula is C39H66N3O5Pt-3. The zero-order chi connectivity index (χ0) is 34.4. The van der Waals surface area contributed by atoms with Gasteiger partial charge < -0.3 is 31.2 Å². The average molecular weight is 852 g/mol. The Labute approximate surface area is 306 Å². The molecule has 0 radical (unpaired) electrons. The predicted octanol–water partition coefficient (Wildman–Crippen LogP) is 7.95. The van der Waals surface area contributed by atoms with E-state index in [2.05, 4.69) is 40.7 Å². The Kier molecular flexibility index (Phi) is 16.2. The Morgan fingerprint density at radius 1 is 0.979 bits per heavy atom. The molecule has 0 amide bonds. The zero-order valence-electron chi connectivity index (χ0n) is 30.6. The SMILES string of the molecule is CC(C)CCC[C@@H](C)[C@H]1CCC2C3CC=C4C[C@@H](OCCN(CC(=O)[O-])CC(=O)O)CC[C@]4(C)C3CC[C@@]21C.[NH-][C@@H]1CCCC[C@H]1[NH-].[Pt]. The fourth-order valence-corrected chi connectivity index (χ4v) is 10.9. The van der Waals surface area contributed by atoms with Crippen molar-refractivity contribution in [2.75, 3.05) is 26.2 Å². The summed E-state index contributed by atoms with van der Waals surface area (Å²) in [5, 5.41) is 20.0. The first kappa shape index (κ1) is 41.6. The molecule has 0 heterocycles. The van der Waals surface area contributed by atoms with Crippen LogP contribution in [0, 0.1) is 46.3 Å². The first-order chi connectivity index (χ1) is 22.2. The summed E-state index contributed by atoms with van der Waals surface area (Å²) in [5.41, 5.74) is 16.9. The summed E-state index contributed by atoms with van der Waals surface area (Å²) < 4.78 is 6.19. The van der Waals surface area contributed by atoms with Crippen molar-refractivity contribution in [2.45, 2.75) is 149 Å². The second-order valence-corrected chi connectivity index (χ2v) is 17.0. The van der Waals surface area contributed by atoms with Crippen LogP contribution in [-0.4, -0.2) is 66.4 Å². The van der Waals surface area contributed by atoms with Gasteiger partial charge in [-0.3, -0.25) is 9.69 Å². The van der Waals surface area contributed by atoms with Gasteiger partial charge in [0.2, 0.25) is 0 Å². The number of fused-ring (bicyclic) bond motifs is 5. The third-order valence-electron chi connectivity index (χ3n) is 13.5. The molecule has 8 nitrogen and oxygen atoms in total. The van der Waals surface area contributed by atoms with Crippen LogP contribution in [0.15, 0.2) is 11.6 Å². The molecule has 10 atom stereocenters. The standard InChI is InChI=1S/C33H55NO5.C6H12N2.Pt/c1-22(2)7-6-8-23(3)27-11-12-28-26-10-9-24-19-25(39-18-17-34(20-30(35)36)21-31(37)38)13-15-32(24,4)29(26)14-16-33(27,28)5;7-5-3-1-2-4-6(5)8;/h9,22-23,25-29H,6-8,10-21H2,1-5H3,(H,35,36)(H,37,38);5-8H,1-4H2;/q;-2;/p-1/t23-,25+,26?,27-,28?,29?,32+,33-;5-,6-;/m11./s1. The molecule has 9 heteroatoms. The molecule has 280 valence electrons. The third kappa shape index (κ3) is 10.4. The molecule has 0 spiro atoms. The Morgan fingerprint density at radius 2 is 1.67 bits per heavy atom. The minimum Gasteiger partial charge on any atom is -0.676 e. The van der Waals surface area contributed by atoms with Crippen LogP contribution in [0.5, 0.6) is 0 Å². The van der Waals surface area contributed by atoms with Crippen molar-refractivity contribution < 1.29 is 45.6 Å². The van der Waals surface area contributed by atoms with E-state index in [1.54, 1.807) is 5.57 Å². The average Bonchev–Trinajstić information content (AvgIpc) is 3.35. The Morgan fingerprint density at radius 3 is 2.27 bits per heavy atom. The monoisotopic (exact) mass is 851 g/mol. The van der Waals surface area contributed by atoms with Gasteiger partial charge >= 0.3 is 5.97 Å². The Hall–Kier alpha value is -0.792. The zero-order valence-corrected chi connectivity index (χ0v) is 32.8. The molecule has 5 rings (SSSR count). The first-order valence-electron chi connectivity index (χ1n) is 19.1. The van der Waals surface area contributed by atoms with Crippen molar-refractivity contribution >= 4 is 11.9 Å². The molecule has 0 aromatic heterocycles. The second kappa shape index (κ2) is 18.6. The molecule has 0 bridgehead atoms. The van der Waals surface area contributed by atoms with E-state index in [1.807, 2.05) is 0 Å². The number of carboxylic acid groups (broad SMARTS) is 2. The summed E-state index contributed by atoms with van der Waals surface area (Å²) >= 11 is 0. The molecule has 0 aromatic rings. The van der Waals surface area contributed by atoms with Gasteiger partial charge in [0.1, 0.15) is 0 Å². The van der Waals surface area contributed by atoms with E-state index in [4.69, 9.17) is 21.3 Å². The van der Waals surface area contributed by atoms with Gasteiger partial charge in [-0.1, -0.05) is 91.2 Å². The Bertz CT molecular complexity index is 1050. The van der Waals surface area contributed by atoms with Crippen molar-refractivity contribution in [3.63, 3.8) is 0 Å². The van der Waals surface area contributed by atoms with Crippen LogP contribution in [0.4, 0.5) is 0 Å². The maximum Gasteiger partial charge on any atom is 0.317 e. The predicted molar refractivity (Wildman–Crippen MR) is 187 cm³/mol. The van der Waals surface area contributed by atoms with E-state index in [1.165, 1.54) is 69.1 Å². The first-order valence-corrected chi connectivity index (χ1v) is 19.1. The van der Waals surface area contributed by atoms with Crippen LogP contribution in [-0.2, 0) is 35.4 Å². The number of nitrogens with zero attached hydrogens (tertiary/aromatic N) is 1. The number of nitrogens with one attached hydrogen (secondary N) is 2. The number of carboxylic acids is 2. The molecule has 5 aliphatic rings. The molecule has 0 aliphatic heterocycles. The summed E-state index contributed by atoms with van der Waals surface area (Å²) in [6, 6.07) is -0.160. The molecule has 5 aliphatic carbocycles. The second-order valence-electron chi connectivity index (χ2n) is 17.0.